The summed E-state index contributed by atoms with van der Waals surface area (Å²) in [5, 5.41) is 5.79. The van der Waals surface area contributed by atoms with Crippen molar-refractivity contribution in [2.24, 2.45) is 5.10 Å². The summed E-state index contributed by atoms with van der Waals surface area (Å²) in [7, 11) is -3.96. The Balaban J connectivity index is 1.66. The Hall–Kier alpha value is -3.59. The number of nitrogens with zero attached hydrogens (tertiary/aromatic N) is 1. The first-order valence-electron chi connectivity index (χ1n) is 8.80. The average Bonchev–Trinajstić information content (AvgIpc) is 3.08. The maximum absolute atomic E-state index is 12.6. The van der Waals surface area contributed by atoms with Gasteiger partial charge in [0.15, 0.2) is 5.58 Å². The molecule has 0 spiro atoms. The summed E-state index contributed by atoms with van der Waals surface area (Å²) in [4.78, 5) is 15.8. The first-order valence-corrected chi connectivity index (χ1v) is 10.3. The molecule has 1 heterocycles. The zero-order valence-corrected chi connectivity index (χ0v) is 16.2. The quantitative estimate of drug-likeness (QED) is 0.374. The van der Waals surface area contributed by atoms with Gasteiger partial charge in [-0.1, -0.05) is 30.3 Å². The molecule has 0 radical (unpaired) electrons. The van der Waals surface area contributed by atoms with Gasteiger partial charge in [0.05, 0.1) is 23.2 Å². The predicted molar refractivity (Wildman–Crippen MR) is 110 cm³/mol. The first-order chi connectivity index (χ1) is 14.0. The van der Waals surface area contributed by atoms with E-state index in [1.54, 1.807) is 0 Å². The fourth-order valence-corrected chi connectivity index (χ4v) is 3.80. The van der Waals surface area contributed by atoms with E-state index in [4.69, 9.17) is 9.15 Å². The molecule has 0 aliphatic heterocycles. The molecule has 0 saturated heterocycles. The number of hydrazone groups is 1. The molecule has 1 aromatic heterocycles. The van der Waals surface area contributed by atoms with Crippen molar-refractivity contribution in [2.45, 2.75) is 11.8 Å². The molecule has 4 rings (SSSR count). The topological polar surface area (TPSA) is 114 Å². The second kappa shape index (κ2) is 7.44. The summed E-state index contributed by atoms with van der Waals surface area (Å²) < 4.78 is 35.7. The predicted octanol–water partition coefficient (Wildman–Crippen LogP) is 2.99. The summed E-state index contributed by atoms with van der Waals surface area (Å²) in [5.41, 5.74) is 1.23. The highest BCUT2D eigenvalue weighted by Gasteiger charge is 2.15. The van der Waals surface area contributed by atoms with Gasteiger partial charge in [0.25, 0.3) is 10.0 Å². The van der Waals surface area contributed by atoms with Gasteiger partial charge < -0.3 is 9.15 Å². The van der Waals surface area contributed by atoms with Crippen LogP contribution in [-0.2, 0) is 10.0 Å². The Morgan fingerprint density at radius 2 is 2.00 bits per heavy atom. The number of fused-ring (bicyclic) bond motifs is 2. The SMILES string of the molecule is CCOc1ccc2ccccc2c1/C=N/NS(=O)(=O)c1ccc2[nH]c(=O)oc2c1. The Kier molecular flexibility index (Phi) is 4.81. The number of sulfonamides is 1. The van der Waals surface area contributed by atoms with Gasteiger partial charge in [-0.3, -0.25) is 4.98 Å². The van der Waals surface area contributed by atoms with Crippen LogP contribution in [0.4, 0.5) is 0 Å². The second-order valence-corrected chi connectivity index (χ2v) is 7.82. The number of aromatic nitrogens is 1. The van der Waals surface area contributed by atoms with E-state index in [2.05, 4.69) is 14.9 Å². The Morgan fingerprint density at radius 3 is 2.83 bits per heavy atom. The number of ether oxygens (including phenoxy) is 1. The molecule has 3 aromatic carbocycles. The zero-order valence-electron chi connectivity index (χ0n) is 15.4. The van der Waals surface area contributed by atoms with Crippen molar-refractivity contribution >= 4 is 38.1 Å². The van der Waals surface area contributed by atoms with Gasteiger partial charge in [-0.2, -0.15) is 13.5 Å². The number of H-pyrrole nitrogens is 1. The molecule has 0 fully saturated rings. The highest BCUT2D eigenvalue weighted by atomic mass is 32.2. The van der Waals surface area contributed by atoms with Gasteiger partial charge >= 0.3 is 5.76 Å². The van der Waals surface area contributed by atoms with E-state index in [9.17, 15) is 13.2 Å². The molecule has 148 valence electrons. The van der Waals surface area contributed by atoms with E-state index < -0.39 is 15.8 Å². The van der Waals surface area contributed by atoms with Crippen molar-refractivity contribution in [1.82, 2.24) is 9.82 Å². The van der Waals surface area contributed by atoms with Crippen LogP contribution >= 0.6 is 0 Å². The maximum atomic E-state index is 12.6. The lowest BCUT2D eigenvalue weighted by Gasteiger charge is -2.10. The van der Waals surface area contributed by atoms with Crippen LogP contribution in [-0.4, -0.2) is 26.2 Å². The molecule has 4 aromatic rings. The van der Waals surface area contributed by atoms with Crippen molar-refractivity contribution in [3.05, 3.63) is 70.7 Å². The van der Waals surface area contributed by atoms with E-state index in [0.717, 1.165) is 10.8 Å². The average molecular weight is 411 g/mol. The minimum atomic E-state index is -3.96. The monoisotopic (exact) mass is 411 g/mol. The van der Waals surface area contributed by atoms with Crippen LogP contribution in [0, 0.1) is 0 Å². The number of benzene rings is 3. The fourth-order valence-electron chi connectivity index (χ4n) is 3.00. The third kappa shape index (κ3) is 3.72. The van der Waals surface area contributed by atoms with Crippen molar-refractivity contribution in [2.75, 3.05) is 6.61 Å². The molecule has 0 atom stereocenters. The summed E-state index contributed by atoms with van der Waals surface area (Å²) >= 11 is 0. The molecule has 0 aliphatic carbocycles. The van der Waals surface area contributed by atoms with Crippen LogP contribution in [0.5, 0.6) is 5.75 Å². The van der Waals surface area contributed by atoms with E-state index in [-0.39, 0.29) is 10.5 Å². The van der Waals surface area contributed by atoms with Crippen LogP contribution in [0.25, 0.3) is 21.9 Å². The van der Waals surface area contributed by atoms with E-state index >= 15 is 0 Å². The molecule has 8 nitrogen and oxygen atoms in total. The Labute approximate surface area is 165 Å². The highest BCUT2D eigenvalue weighted by Crippen LogP contribution is 2.26. The van der Waals surface area contributed by atoms with Crippen LogP contribution in [0.3, 0.4) is 0 Å². The summed E-state index contributed by atoms with van der Waals surface area (Å²) in [5.74, 6) is -0.0513. The standard InChI is InChI=1S/C20H17N3O5S/c1-2-27-18-10-7-13-5-3-4-6-15(13)16(18)12-21-23-29(25,26)14-8-9-17-19(11-14)28-20(24)22-17/h3-12,23H,2H2,1H3,(H,22,24)/b21-12+. The fraction of sp³-hybridized carbons (Fsp3) is 0.100. The number of hydrogen-bond donors (Lipinski definition) is 2. The van der Waals surface area contributed by atoms with Gasteiger partial charge in [0.2, 0.25) is 0 Å². The van der Waals surface area contributed by atoms with E-state index in [1.807, 2.05) is 43.3 Å². The number of nitrogens with one attached hydrogen (secondary N) is 2. The number of oxazole rings is 1. The molecule has 0 unspecified atom stereocenters. The van der Waals surface area contributed by atoms with Crippen molar-refractivity contribution in [3.63, 3.8) is 0 Å². The molecule has 9 heteroatoms. The van der Waals surface area contributed by atoms with Crippen molar-refractivity contribution in [3.8, 4) is 5.75 Å². The van der Waals surface area contributed by atoms with E-state index in [0.29, 0.717) is 23.4 Å². The minimum absolute atomic E-state index is 0.0761. The van der Waals surface area contributed by atoms with Crippen LogP contribution in [0.15, 0.2) is 73.8 Å². The Morgan fingerprint density at radius 1 is 1.17 bits per heavy atom. The lowest BCUT2D eigenvalue weighted by atomic mass is 10.0. The first kappa shape index (κ1) is 18.8. The van der Waals surface area contributed by atoms with Gasteiger partial charge in [-0.25, -0.2) is 9.63 Å². The summed E-state index contributed by atoms with van der Waals surface area (Å²) in [6, 6.07) is 15.5. The van der Waals surface area contributed by atoms with Crippen molar-refractivity contribution < 1.29 is 17.6 Å². The zero-order chi connectivity index (χ0) is 20.4. The molecule has 29 heavy (non-hydrogen) atoms. The third-order valence-corrected chi connectivity index (χ3v) is 5.52. The van der Waals surface area contributed by atoms with Gasteiger partial charge in [-0.05, 0) is 35.9 Å². The molecule has 0 aliphatic rings. The second-order valence-electron chi connectivity index (χ2n) is 6.16. The molecule has 2 N–H and O–H groups in total. The van der Waals surface area contributed by atoms with Crippen molar-refractivity contribution in [1.29, 1.82) is 0 Å². The van der Waals surface area contributed by atoms with E-state index in [1.165, 1.54) is 24.4 Å². The third-order valence-electron chi connectivity index (χ3n) is 4.30. The lowest BCUT2D eigenvalue weighted by molar-refractivity contribution is 0.340. The number of hydrogen-bond acceptors (Lipinski definition) is 6. The number of aromatic amines is 1. The molecule has 0 bridgehead atoms. The molecule has 0 saturated carbocycles. The highest BCUT2D eigenvalue weighted by molar-refractivity contribution is 7.89. The summed E-state index contributed by atoms with van der Waals surface area (Å²) in [6.45, 7) is 2.33. The smallest absolute Gasteiger partial charge is 0.417 e. The molecule has 0 amide bonds. The maximum Gasteiger partial charge on any atom is 0.417 e. The molecular formula is C20H17N3O5S. The lowest BCUT2D eigenvalue weighted by Crippen LogP contribution is -2.18. The van der Waals surface area contributed by atoms with Gasteiger partial charge in [0, 0.05) is 11.6 Å². The largest absolute Gasteiger partial charge is 0.493 e. The normalized spacial score (nSPS) is 12.0. The van der Waals surface area contributed by atoms with Crippen LogP contribution in [0.2, 0.25) is 0 Å². The Bertz CT molecular complexity index is 1390. The number of rotatable bonds is 6. The van der Waals surface area contributed by atoms with Crippen LogP contribution in [0.1, 0.15) is 12.5 Å². The van der Waals surface area contributed by atoms with Gasteiger partial charge in [-0.15, -0.1) is 0 Å². The summed E-state index contributed by atoms with van der Waals surface area (Å²) in [6.07, 6.45) is 1.42. The molecular weight excluding hydrogens is 394 g/mol. The van der Waals surface area contributed by atoms with Gasteiger partial charge in [0.1, 0.15) is 5.75 Å². The van der Waals surface area contributed by atoms with Crippen LogP contribution < -0.4 is 15.3 Å². The minimum Gasteiger partial charge on any atom is -0.493 e.